The van der Waals surface area contributed by atoms with Crippen molar-refractivity contribution in [2.45, 2.75) is 43.2 Å². The van der Waals surface area contributed by atoms with Gasteiger partial charge < -0.3 is 9.47 Å². The molecule has 3 aliphatic rings. The van der Waals surface area contributed by atoms with E-state index in [9.17, 15) is 4.79 Å². The fourth-order valence-electron chi connectivity index (χ4n) is 4.02. The Hall–Kier alpha value is -1.97. The first-order valence-corrected chi connectivity index (χ1v) is 8.30. The molecule has 5 rings (SSSR count). The number of benzene rings is 2. The molecule has 0 unspecified atom stereocenters. The van der Waals surface area contributed by atoms with Crippen molar-refractivity contribution in [3.63, 3.8) is 0 Å². The molecule has 0 amide bonds. The van der Waals surface area contributed by atoms with Gasteiger partial charge in [0.15, 0.2) is 11.4 Å². The molecule has 2 aromatic carbocycles. The van der Waals surface area contributed by atoms with Gasteiger partial charge in [-0.2, -0.15) is 0 Å². The monoisotopic (exact) mass is 306 g/mol. The summed E-state index contributed by atoms with van der Waals surface area (Å²) in [6, 6.07) is 18.1. The Morgan fingerprint density at radius 3 is 2.65 bits per heavy atom. The van der Waals surface area contributed by atoms with Gasteiger partial charge in [0, 0.05) is 5.56 Å². The van der Waals surface area contributed by atoms with Gasteiger partial charge in [-0.05, 0) is 30.4 Å². The Balaban J connectivity index is 1.40. The third-order valence-electron chi connectivity index (χ3n) is 5.33. The van der Waals surface area contributed by atoms with Crippen molar-refractivity contribution in [1.29, 1.82) is 0 Å². The third-order valence-corrected chi connectivity index (χ3v) is 5.33. The molecule has 2 aliphatic heterocycles. The highest BCUT2D eigenvalue weighted by molar-refractivity contribution is 6.06. The molecule has 2 saturated heterocycles. The fourth-order valence-corrected chi connectivity index (χ4v) is 4.02. The lowest BCUT2D eigenvalue weighted by atomic mass is 9.89. The van der Waals surface area contributed by atoms with E-state index in [-0.39, 0.29) is 24.1 Å². The van der Waals surface area contributed by atoms with Crippen LogP contribution >= 0.6 is 0 Å². The molecule has 1 aliphatic carbocycles. The summed E-state index contributed by atoms with van der Waals surface area (Å²) in [7, 11) is 0. The summed E-state index contributed by atoms with van der Waals surface area (Å²) in [5.74, 6) is 0.151. The second kappa shape index (κ2) is 4.76. The van der Waals surface area contributed by atoms with E-state index >= 15 is 0 Å². The number of fused-ring (bicyclic) bond motifs is 1. The molecule has 23 heavy (non-hydrogen) atoms. The SMILES string of the molecule is O=C1c2ccccc2CCC[C@@]12O[C@@H]2[C@@H]1O[C@H]1c1ccccc1. The van der Waals surface area contributed by atoms with Gasteiger partial charge in [-0.1, -0.05) is 54.6 Å². The zero-order chi connectivity index (χ0) is 15.4. The molecule has 0 radical (unpaired) electrons. The summed E-state index contributed by atoms with van der Waals surface area (Å²) >= 11 is 0. The highest BCUT2D eigenvalue weighted by Crippen LogP contribution is 2.56. The molecular weight excluding hydrogens is 288 g/mol. The molecule has 2 heterocycles. The van der Waals surface area contributed by atoms with Gasteiger partial charge in [0.05, 0.1) is 0 Å². The Bertz CT molecular complexity index is 769. The molecule has 2 fully saturated rings. The van der Waals surface area contributed by atoms with Gasteiger partial charge in [0.1, 0.15) is 18.3 Å². The van der Waals surface area contributed by atoms with Crippen LogP contribution in [0.1, 0.15) is 40.4 Å². The number of aryl methyl sites for hydroxylation is 1. The standard InChI is InChI=1S/C20H18O3/c21-18-15-11-5-4-7-13(15)10-6-12-20(18)19(23-20)17-16(22-17)14-8-2-1-3-9-14/h1-5,7-9,11,16-17,19H,6,10,12H2/t16-,17+,19+,20+/m0/s1. The Morgan fingerprint density at radius 2 is 1.78 bits per heavy atom. The van der Waals surface area contributed by atoms with E-state index in [4.69, 9.17) is 9.47 Å². The first kappa shape index (κ1) is 13.5. The van der Waals surface area contributed by atoms with Gasteiger partial charge in [0.25, 0.3) is 0 Å². The lowest BCUT2D eigenvalue weighted by Crippen LogP contribution is -2.28. The van der Waals surface area contributed by atoms with Crippen molar-refractivity contribution < 1.29 is 14.3 Å². The molecule has 0 saturated carbocycles. The topological polar surface area (TPSA) is 42.1 Å². The summed E-state index contributed by atoms with van der Waals surface area (Å²) in [5, 5.41) is 0. The van der Waals surface area contributed by atoms with Crippen molar-refractivity contribution in [3.8, 4) is 0 Å². The normalized spacial score (nSPS) is 34.8. The maximum absolute atomic E-state index is 13.0. The molecule has 3 heteroatoms. The lowest BCUT2D eigenvalue weighted by molar-refractivity contribution is 0.0867. The highest BCUT2D eigenvalue weighted by Gasteiger charge is 2.70. The second-order valence-corrected chi connectivity index (χ2v) is 6.70. The van der Waals surface area contributed by atoms with Crippen molar-refractivity contribution in [3.05, 3.63) is 71.3 Å². The number of Topliss-reactive ketones (excluding diaryl/α,β-unsaturated/α-hetero) is 1. The zero-order valence-electron chi connectivity index (χ0n) is 12.8. The van der Waals surface area contributed by atoms with E-state index in [1.807, 2.05) is 36.4 Å². The van der Waals surface area contributed by atoms with Crippen LogP contribution in [0.2, 0.25) is 0 Å². The molecule has 0 N–H and O–H groups in total. The maximum Gasteiger partial charge on any atom is 0.197 e. The van der Waals surface area contributed by atoms with Crippen molar-refractivity contribution >= 4 is 5.78 Å². The fraction of sp³-hybridized carbons (Fsp3) is 0.350. The third kappa shape index (κ3) is 2.00. The predicted molar refractivity (Wildman–Crippen MR) is 85.4 cm³/mol. The number of carbonyl (C=O) groups excluding carboxylic acids is 1. The summed E-state index contributed by atoms with van der Waals surface area (Å²) in [5.41, 5.74) is 2.52. The van der Waals surface area contributed by atoms with Crippen LogP contribution in [0.25, 0.3) is 0 Å². The summed E-state index contributed by atoms with van der Waals surface area (Å²) in [4.78, 5) is 13.0. The lowest BCUT2D eigenvalue weighted by Gasteiger charge is -2.08. The van der Waals surface area contributed by atoms with Gasteiger partial charge >= 0.3 is 0 Å². The highest BCUT2D eigenvalue weighted by atomic mass is 16.7. The predicted octanol–water partition coefficient (Wildman–Crippen LogP) is 3.48. The average molecular weight is 306 g/mol. The zero-order valence-corrected chi connectivity index (χ0v) is 12.8. The van der Waals surface area contributed by atoms with Crippen molar-refractivity contribution in [2.24, 2.45) is 0 Å². The first-order valence-electron chi connectivity index (χ1n) is 8.30. The van der Waals surface area contributed by atoms with Gasteiger partial charge in [-0.3, -0.25) is 4.79 Å². The first-order chi connectivity index (χ1) is 11.3. The van der Waals surface area contributed by atoms with E-state index in [1.54, 1.807) is 0 Å². The number of ketones is 1. The Morgan fingerprint density at radius 1 is 1.00 bits per heavy atom. The maximum atomic E-state index is 13.0. The Kier molecular flexibility index (Phi) is 2.79. The number of epoxide rings is 2. The number of rotatable bonds is 2. The molecule has 0 bridgehead atoms. The summed E-state index contributed by atoms with van der Waals surface area (Å²) in [6.07, 6.45) is 2.74. The van der Waals surface area contributed by atoms with Crippen molar-refractivity contribution in [2.75, 3.05) is 0 Å². The van der Waals surface area contributed by atoms with Crippen LogP contribution in [0.5, 0.6) is 0 Å². The van der Waals surface area contributed by atoms with Crippen LogP contribution in [-0.4, -0.2) is 23.6 Å². The van der Waals surface area contributed by atoms with E-state index in [1.165, 1.54) is 5.56 Å². The van der Waals surface area contributed by atoms with Gasteiger partial charge in [-0.15, -0.1) is 0 Å². The number of hydrogen-bond acceptors (Lipinski definition) is 3. The van der Waals surface area contributed by atoms with Crippen LogP contribution in [0.3, 0.4) is 0 Å². The van der Waals surface area contributed by atoms with Crippen LogP contribution in [0.4, 0.5) is 0 Å². The molecule has 1 spiro atoms. The average Bonchev–Trinajstić information content (AvgIpc) is 3.49. The number of hydrogen-bond donors (Lipinski definition) is 0. The largest absolute Gasteiger partial charge is 0.362 e. The minimum absolute atomic E-state index is 0.0200. The second-order valence-electron chi connectivity index (χ2n) is 6.70. The molecule has 4 atom stereocenters. The minimum Gasteiger partial charge on any atom is -0.362 e. The molecule has 3 nitrogen and oxygen atoms in total. The number of carbonyl (C=O) groups is 1. The molecule has 0 aromatic heterocycles. The molecule has 116 valence electrons. The Labute approximate surface area is 135 Å². The van der Waals surface area contributed by atoms with Gasteiger partial charge in [-0.25, -0.2) is 0 Å². The van der Waals surface area contributed by atoms with E-state index < -0.39 is 5.60 Å². The van der Waals surface area contributed by atoms with Crippen LogP contribution in [0.15, 0.2) is 54.6 Å². The van der Waals surface area contributed by atoms with E-state index in [2.05, 4.69) is 18.2 Å². The summed E-state index contributed by atoms with van der Waals surface area (Å²) in [6.45, 7) is 0. The quantitative estimate of drug-likeness (QED) is 0.798. The minimum atomic E-state index is -0.638. The molecule has 2 aromatic rings. The van der Waals surface area contributed by atoms with E-state index in [0.717, 1.165) is 30.4 Å². The van der Waals surface area contributed by atoms with Crippen molar-refractivity contribution in [1.82, 2.24) is 0 Å². The van der Waals surface area contributed by atoms with Gasteiger partial charge in [0.2, 0.25) is 0 Å². The molecular formula is C20H18O3. The van der Waals surface area contributed by atoms with Crippen LogP contribution in [-0.2, 0) is 15.9 Å². The van der Waals surface area contributed by atoms with Crippen LogP contribution in [0, 0.1) is 0 Å². The number of ether oxygens (including phenoxy) is 2. The van der Waals surface area contributed by atoms with Crippen LogP contribution < -0.4 is 0 Å². The smallest absolute Gasteiger partial charge is 0.197 e. The summed E-state index contributed by atoms with van der Waals surface area (Å²) < 4.78 is 11.9. The van der Waals surface area contributed by atoms with E-state index in [0.29, 0.717) is 0 Å².